The molecule has 106 valence electrons. The minimum Gasteiger partial charge on any atom is -0.352 e. The molecule has 0 fully saturated rings. The molecule has 1 unspecified atom stereocenters. The van der Waals surface area contributed by atoms with Gasteiger partial charge in [-0.25, -0.2) is 0 Å². The molecule has 1 N–H and O–H groups in total. The fraction of sp³-hybridized carbons (Fsp3) is 0.533. The Balaban J connectivity index is 2.54. The maximum Gasteiger partial charge on any atom is 0.252 e. The SMILES string of the molecule is CCCCC(CC)CNC(=O)c1ccc(Cl)cc1Br. The molecule has 0 saturated heterocycles. The number of benzene rings is 1. The zero-order valence-electron chi connectivity index (χ0n) is 11.5. The van der Waals surface area contributed by atoms with Crippen LogP contribution in [0.15, 0.2) is 22.7 Å². The molecular weight excluding hydrogens is 326 g/mol. The van der Waals surface area contributed by atoms with Crippen LogP contribution >= 0.6 is 27.5 Å². The fourth-order valence-corrected chi connectivity index (χ4v) is 2.81. The van der Waals surface area contributed by atoms with Crippen LogP contribution in [0.25, 0.3) is 0 Å². The maximum atomic E-state index is 12.1. The average Bonchev–Trinajstić information content (AvgIpc) is 2.38. The number of hydrogen-bond acceptors (Lipinski definition) is 1. The normalized spacial score (nSPS) is 12.2. The van der Waals surface area contributed by atoms with Gasteiger partial charge < -0.3 is 5.32 Å². The largest absolute Gasteiger partial charge is 0.352 e. The topological polar surface area (TPSA) is 29.1 Å². The summed E-state index contributed by atoms with van der Waals surface area (Å²) in [4.78, 5) is 12.1. The number of amides is 1. The predicted molar refractivity (Wildman–Crippen MR) is 84.8 cm³/mol. The van der Waals surface area contributed by atoms with Crippen molar-refractivity contribution in [1.82, 2.24) is 5.32 Å². The molecule has 0 aromatic heterocycles. The first-order chi connectivity index (χ1) is 9.08. The van der Waals surface area contributed by atoms with E-state index in [9.17, 15) is 4.79 Å². The third-order valence-electron chi connectivity index (χ3n) is 3.27. The van der Waals surface area contributed by atoms with Crippen molar-refractivity contribution in [2.24, 2.45) is 5.92 Å². The monoisotopic (exact) mass is 345 g/mol. The third-order valence-corrected chi connectivity index (χ3v) is 4.16. The first kappa shape index (κ1) is 16.5. The van der Waals surface area contributed by atoms with Crippen molar-refractivity contribution in [3.8, 4) is 0 Å². The smallest absolute Gasteiger partial charge is 0.252 e. The molecule has 1 aromatic rings. The van der Waals surface area contributed by atoms with Crippen LogP contribution in [0, 0.1) is 5.92 Å². The van der Waals surface area contributed by atoms with Crippen molar-refractivity contribution in [2.75, 3.05) is 6.54 Å². The highest BCUT2D eigenvalue weighted by Gasteiger charge is 2.12. The predicted octanol–water partition coefficient (Wildman–Crippen LogP) is 5.05. The highest BCUT2D eigenvalue weighted by atomic mass is 79.9. The van der Waals surface area contributed by atoms with E-state index in [2.05, 4.69) is 35.1 Å². The quantitative estimate of drug-likeness (QED) is 0.735. The number of carbonyl (C=O) groups is 1. The van der Waals surface area contributed by atoms with Crippen molar-refractivity contribution in [3.05, 3.63) is 33.3 Å². The van der Waals surface area contributed by atoms with E-state index in [1.165, 1.54) is 19.3 Å². The number of rotatable bonds is 7. The van der Waals surface area contributed by atoms with Crippen LogP contribution in [0.2, 0.25) is 5.02 Å². The van der Waals surface area contributed by atoms with Crippen molar-refractivity contribution in [2.45, 2.75) is 39.5 Å². The first-order valence-electron chi connectivity index (χ1n) is 6.81. The Hall–Kier alpha value is -0.540. The fourth-order valence-electron chi connectivity index (χ4n) is 1.95. The van der Waals surface area contributed by atoms with Crippen LogP contribution in [-0.2, 0) is 0 Å². The van der Waals surface area contributed by atoms with E-state index in [0.717, 1.165) is 17.4 Å². The highest BCUT2D eigenvalue weighted by molar-refractivity contribution is 9.10. The van der Waals surface area contributed by atoms with Gasteiger partial charge in [-0.3, -0.25) is 4.79 Å². The molecule has 0 saturated carbocycles. The molecule has 0 bridgehead atoms. The third kappa shape index (κ3) is 5.53. The lowest BCUT2D eigenvalue weighted by atomic mass is 9.99. The van der Waals surface area contributed by atoms with Crippen molar-refractivity contribution in [1.29, 1.82) is 0 Å². The van der Waals surface area contributed by atoms with Gasteiger partial charge in [-0.1, -0.05) is 44.7 Å². The summed E-state index contributed by atoms with van der Waals surface area (Å²) >= 11 is 9.24. The lowest BCUT2D eigenvalue weighted by Gasteiger charge is -2.15. The molecule has 19 heavy (non-hydrogen) atoms. The van der Waals surface area contributed by atoms with Crippen molar-refractivity contribution >= 4 is 33.4 Å². The second-order valence-corrected chi connectivity index (χ2v) is 6.04. The van der Waals surface area contributed by atoms with Crippen LogP contribution in [0.1, 0.15) is 49.9 Å². The van der Waals surface area contributed by atoms with Gasteiger partial charge in [0.25, 0.3) is 5.91 Å². The van der Waals surface area contributed by atoms with Crippen molar-refractivity contribution in [3.63, 3.8) is 0 Å². The van der Waals surface area contributed by atoms with Crippen LogP contribution in [0.3, 0.4) is 0 Å². The molecule has 4 heteroatoms. The van der Waals surface area contributed by atoms with Gasteiger partial charge in [-0.05, 0) is 46.5 Å². The van der Waals surface area contributed by atoms with Gasteiger partial charge in [0.2, 0.25) is 0 Å². The Bertz CT molecular complexity index is 423. The van der Waals surface area contributed by atoms with E-state index >= 15 is 0 Å². The Kier molecular flexibility index (Phi) is 7.47. The van der Waals surface area contributed by atoms with Crippen molar-refractivity contribution < 1.29 is 4.79 Å². The highest BCUT2D eigenvalue weighted by Crippen LogP contribution is 2.21. The molecule has 1 atom stereocenters. The summed E-state index contributed by atoms with van der Waals surface area (Å²) in [7, 11) is 0. The van der Waals surface area contributed by atoms with Gasteiger partial charge in [0, 0.05) is 16.0 Å². The summed E-state index contributed by atoms with van der Waals surface area (Å²) in [6, 6.07) is 5.22. The average molecular weight is 347 g/mol. The molecule has 1 amide bonds. The second kappa shape index (κ2) is 8.60. The summed E-state index contributed by atoms with van der Waals surface area (Å²) in [6.45, 7) is 5.10. The lowest BCUT2D eigenvalue weighted by Crippen LogP contribution is -2.29. The zero-order chi connectivity index (χ0) is 14.3. The molecule has 0 spiro atoms. The molecule has 1 aromatic carbocycles. The summed E-state index contributed by atoms with van der Waals surface area (Å²) in [5.41, 5.74) is 0.634. The molecular formula is C15H21BrClNO. The lowest BCUT2D eigenvalue weighted by molar-refractivity contribution is 0.0945. The van der Waals surface area contributed by atoms with E-state index in [1.807, 2.05) is 0 Å². The summed E-state index contributed by atoms with van der Waals surface area (Å²) in [6.07, 6.45) is 4.70. The number of halogens is 2. The standard InChI is InChI=1S/C15H21BrClNO/c1-3-5-6-11(4-2)10-18-15(19)13-8-7-12(17)9-14(13)16/h7-9,11H,3-6,10H2,1-2H3,(H,18,19). The van der Waals surface area contributed by atoms with Gasteiger partial charge in [0.05, 0.1) is 5.56 Å². The van der Waals surface area contributed by atoms with Crippen LogP contribution in [0.4, 0.5) is 0 Å². The van der Waals surface area contributed by atoms with Gasteiger partial charge in [-0.15, -0.1) is 0 Å². The summed E-state index contributed by atoms with van der Waals surface area (Å²) in [5, 5.41) is 3.63. The molecule has 0 aliphatic carbocycles. The molecule has 2 nitrogen and oxygen atoms in total. The Morgan fingerprint density at radius 1 is 1.42 bits per heavy atom. The Morgan fingerprint density at radius 3 is 2.74 bits per heavy atom. The van der Waals surface area contributed by atoms with Gasteiger partial charge in [0.1, 0.15) is 0 Å². The van der Waals surface area contributed by atoms with Gasteiger partial charge >= 0.3 is 0 Å². The molecule has 0 radical (unpaired) electrons. The Labute approximate surface area is 129 Å². The van der Waals surface area contributed by atoms with E-state index in [-0.39, 0.29) is 5.91 Å². The van der Waals surface area contributed by atoms with E-state index in [1.54, 1.807) is 18.2 Å². The van der Waals surface area contributed by atoms with Crippen LogP contribution < -0.4 is 5.32 Å². The van der Waals surface area contributed by atoms with Gasteiger partial charge in [0.15, 0.2) is 0 Å². The zero-order valence-corrected chi connectivity index (χ0v) is 13.9. The molecule has 1 rings (SSSR count). The van der Waals surface area contributed by atoms with Crippen LogP contribution in [-0.4, -0.2) is 12.5 Å². The maximum absolute atomic E-state index is 12.1. The second-order valence-electron chi connectivity index (χ2n) is 4.75. The van der Waals surface area contributed by atoms with Gasteiger partial charge in [-0.2, -0.15) is 0 Å². The minimum atomic E-state index is -0.0431. The number of hydrogen-bond donors (Lipinski definition) is 1. The molecule has 0 aliphatic rings. The summed E-state index contributed by atoms with van der Waals surface area (Å²) < 4.78 is 0.735. The first-order valence-corrected chi connectivity index (χ1v) is 7.98. The molecule has 0 heterocycles. The van der Waals surface area contributed by atoms with Crippen LogP contribution in [0.5, 0.6) is 0 Å². The number of nitrogens with one attached hydrogen (secondary N) is 1. The van der Waals surface area contributed by atoms with E-state index in [0.29, 0.717) is 16.5 Å². The molecule has 0 aliphatic heterocycles. The van der Waals surface area contributed by atoms with E-state index < -0.39 is 0 Å². The number of carbonyl (C=O) groups excluding carboxylic acids is 1. The minimum absolute atomic E-state index is 0.0431. The number of unbranched alkanes of at least 4 members (excludes halogenated alkanes) is 1. The van der Waals surface area contributed by atoms with E-state index in [4.69, 9.17) is 11.6 Å². The Morgan fingerprint density at radius 2 is 2.16 bits per heavy atom. The summed E-state index contributed by atoms with van der Waals surface area (Å²) in [5.74, 6) is 0.522.